The molecule has 2 rings (SSSR count). The van der Waals surface area contributed by atoms with E-state index in [1.165, 1.54) is 6.33 Å². The van der Waals surface area contributed by atoms with E-state index in [2.05, 4.69) is 37.7 Å². The first-order chi connectivity index (χ1) is 6.25. The summed E-state index contributed by atoms with van der Waals surface area (Å²) in [6.07, 6.45) is 3.23. The minimum atomic E-state index is 0.413. The lowest BCUT2D eigenvalue weighted by molar-refractivity contribution is 0.830. The van der Waals surface area contributed by atoms with Crippen LogP contribution >= 0.6 is 34.2 Å². The fraction of sp³-hybridized carbons (Fsp3) is 0. The van der Waals surface area contributed by atoms with Gasteiger partial charge in [-0.3, -0.25) is 0 Å². The molecule has 66 valence electrons. The molecule has 0 bridgehead atoms. The van der Waals surface area contributed by atoms with E-state index in [0.717, 1.165) is 3.70 Å². The number of hydrogen-bond acceptors (Lipinski definition) is 3. The molecule has 0 aromatic carbocycles. The van der Waals surface area contributed by atoms with Gasteiger partial charge in [0.1, 0.15) is 15.2 Å². The average Bonchev–Trinajstić information content (AvgIpc) is 2.52. The lowest BCUT2D eigenvalue weighted by Crippen LogP contribution is -1.98. The van der Waals surface area contributed by atoms with E-state index in [4.69, 9.17) is 11.6 Å². The minimum absolute atomic E-state index is 0.413. The monoisotopic (exact) mass is 306 g/mol. The molecule has 0 aliphatic heterocycles. The summed E-state index contributed by atoms with van der Waals surface area (Å²) in [6, 6.07) is 3.54. The van der Waals surface area contributed by atoms with E-state index in [1.807, 2.05) is 12.3 Å². The van der Waals surface area contributed by atoms with Gasteiger partial charge >= 0.3 is 0 Å². The van der Waals surface area contributed by atoms with Crippen molar-refractivity contribution in [2.24, 2.45) is 0 Å². The van der Waals surface area contributed by atoms with Gasteiger partial charge in [-0.15, -0.1) is 0 Å². The zero-order valence-electron chi connectivity index (χ0n) is 6.35. The fourth-order valence-electron chi connectivity index (χ4n) is 0.879. The van der Waals surface area contributed by atoms with Crippen molar-refractivity contribution < 1.29 is 0 Å². The van der Waals surface area contributed by atoms with E-state index < -0.39 is 0 Å². The zero-order chi connectivity index (χ0) is 9.26. The van der Waals surface area contributed by atoms with E-state index in [9.17, 15) is 0 Å². The zero-order valence-corrected chi connectivity index (χ0v) is 9.27. The van der Waals surface area contributed by atoms with Crippen molar-refractivity contribution in [2.75, 3.05) is 0 Å². The van der Waals surface area contributed by atoms with E-state index >= 15 is 0 Å². The highest BCUT2D eigenvalue weighted by Gasteiger charge is 2.00. The molecule has 0 saturated heterocycles. The molecule has 0 unspecified atom stereocenters. The molecule has 2 aromatic heterocycles. The van der Waals surface area contributed by atoms with Crippen LogP contribution in [0.25, 0.3) is 5.82 Å². The van der Waals surface area contributed by atoms with Crippen molar-refractivity contribution in [3.63, 3.8) is 0 Å². The maximum atomic E-state index is 5.71. The molecule has 0 spiro atoms. The number of rotatable bonds is 1. The van der Waals surface area contributed by atoms with Crippen LogP contribution in [-0.4, -0.2) is 19.7 Å². The van der Waals surface area contributed by atoms with Gasteiger partial charge in [0.05, 0.1) is 0 Å². The molecule has 2 heterocycles. The van der Waals surface area contributed by atoms with E-state index in [-0.39, 0.29) is 0 Å². The van der Waals surface area contributed by atoms with Crippen LogP contribution in [-0.2, 0) is 0 Å². The molecule has 0 atom stereocenters. The van der Waals surface area contributed by atoms with Crippen LogP contribution in [0.1, 0.15) is 0 Å². The third kappa shape index (κ3) is 1.97. The average molecular weight is 306 g/mol. The van der Waals surface area contributed by atoms with Gasteiger partial charge < -0.3 is 0 Å². The molecule has 0 saturated carbocycles. The highest BCUT2D eigenvalue weighted by Crippen LogP contribution is 2.09. The molecule has 0 aliphatic carbocycles. The first-order valence-corrected chi connectivity index (χ1v) is 4.90. The second kappa shape index (κ2) is 3.59. The largest absolute Gasteiger partial charge is 0.224 e. The van der Waals surface area contributed by atoms with Gasteiger partial charge in [-0.1, -0.05) is 11.6 Å². The molecule has 2 aromatic rings. The summed E-state index contributed by atoms with van der Waals surface area (Å²) in [7, 11) is 0. The molecule has 0 N–H and O–H groups in total. The second-order valence-electron chi connectivity index (χ2n) is 2.28. The molecule has 6 heteroatoms. The quantitative estimate of drug-likeness (QED) is 0.597. The van der Waals surface area contributed by atoms with Gasteiger partial charge in [-0.25, -0.2) is 14.6 Å². The molecule has 0 amide bonds. The van der Waals surface area contributed by atoms with Crippen LogP contribution in [0.4, 0.5) is 0 Å². The SMILES string of the molecule is Clc1cc(-n2ccc(I)n2)ncn1. The van der Waals surface area contributed by atoms with Gasteiger partial charge in [0, 0.05) is 12.3 Å². The second-order valence-corrected chi connectivity index (χ2v) is 3.77. The Balaban J connectivity index is 2.46. The molecular weight excluding hydrogens is 302 g/mol. The minimum Gasteiger partial charge on any atom is -0.224 e. The van der Waals surface area contributed by atoms with E-state index in [0.29, 0.717) is 11.0 Å². The van der Waals surface area contributed by atoms with Crippen molar-refractivity contribution >= 4 is 34.2 Å². The Bertz CT molecular complexity index is 428. The third-order valence-corrected chi connectivity index (χ3v) is 2.19. The summed E-state index contributed by atoms with van der Waals surface area (Å²) < 4.78 is 2.56. The molecular formula is C7H4ClIN4. The summed E-state index contributed by atoms with van der Waals surface area (Å²) in [5, 5.41) is 4.59. The maximum Gasteiger partial charge on any atom is 0.158 e. The van der Waals surface area contributed by atoms with Crippen LogP contribution in [0.15, 0.2) is 24.7 Å². The third-order valence-electron chi connectivity index (χ3n) is 1.41. The smallest absolute Gasteiger partial charge is 0.158 e. The standard InChI is InChI=1S/C7H4ClIN4/c8-5-3-7(11-4-10-5)13-2-1-6(9)12-13/h1-4H. The summed E-state index contributed by atoms with van der Waals surface area (Å²) in [6.45, 7) is 0. The summed E-state index contributed by atoms with van der Waals surface area (Å²) in [5.41, 5.74) is 0. The number of nitrogens with zero attached hydrogens (tertiary/aromatic N) is 4. The highest BCUT2D eigenvalue weighted by molar-refractivity contribution is 14.1. The van der Waals surface area contributed by atoms with Crippen LogP contribution in [0.5, 0.6) is 0 Å². The summed E-state index contributed by atoms with van der Waals surface area (Å²) in [4.78, 5) is 7.81. The van der Waals surface area contributed by atoms with Crippen LogP contribution in [0.3, 0.4) is 0 Å². The van der Waals surface area contributed by atoms with Crippen molar-refractivity contribution in [1.82, 2.24) is 19.7 Å². The summed E-state index contributed by atoms with van der Waals surface area (Å²) >= 11 is 7.84. The molecule has 13 heavy (non-hydrogen) atoms. The summed E-state index contributed by atoms with van der Waals surface area (Å²) in [5.74, 6) is 0.669. The van der Waals surface area contributed by atoms with Crippen LogP contribution < -0.4 is 0 Å². The predicted molar refractivity (Wildman–Crippen MR) is 56.9 cm³/mol. The lowest BCUT2D eigenvalue weighted by Gasteiger charge is -1.98. The molecule has 0 fully saturated rings. The van der Waals surface area contributed by atoms with Crippen molar-refractivity contribution in [1.29, 1.82) is 0 Å². The van der Waals surface area contributed by atoms with Crippen molar-refractivity contribution in [3.05, 3.63) is 33.5 Å². The Labute approximate surface area is 93.1 Å². The van der Waals surface area contributed by atoms with Gasteiger partial charge in [0.15, 0.2) is 5.82 Å². The van der Waals surface area contributed by atoms with Gasteiger partial charge in [0.25, 0.3) is 0 Å². The molecule has 0 radical (unpaired) electrons. The Hall–Kier alpha value is -0.690. The lowest BCUT2D eigenvalue weighted by atomic mass is 10.6. The Kier molecular flexibility index (Phi) is 2.45. The highest BCUT2D eigenvalue weighted by atomic mass is 127. The van der Waals surface area contributed by atoms with Gasteiger partial charge in [-0.05, 0) is 28.7 Å². The van der Waals surface area contributed by atoms with Crippen LogP contribution in [0.2, 0.25) is 5.15 Å². The fourth-order valence-corrected chi connectivity index (χ4v) is 1.41. The number of hydrogen-bond donors (Lipinski definition) is 0. The first kappa shape index (κ1) is 8.89. The maximum absolute atomic E-state index is 5.71. The van der Waals surface area contributed by atoms with Crippen LogP contribution in [0, 0.1) is 3.70 Å². The Morgan fingerprint density at radius 3 is 2.85 bits per heavy atom. The van der Waals surface area contributed by atoms with Crippen molar-refractivity contribution in [3.8, 4) is 5.82 Å². The van der Waals surface area contributed by atoms with Gasteiger partial charge in [-0.2, -0.15) is 5.10 Å². The Morgan fingerprint density at radius 2 is 2.23 bits per heavy atom. The predicted octanol–water partition coefficient (Wildman–Crippen LogP) is 1.92. The Morgan fingerprint density at radius 1 is 1.38 bits per heavy atom. The first-order valence-electron chi connectivity index (χ1n) is 3.45. The molecule has 4 nitrogen and oxygen atoms in total. The van der Waals surface area contributed by atoms with Crippen molar-refractivity contribution in [2.45, 2.75) is 0 Å². The van der Waals surface area contributed by atoms with Gasteiger partial charge in [0.2, 0.25) is 0 Å². The number of aromatic nitrogens is 4. The topological polar surface area (TPSA) is 43.6 Å². The number of halogens is 2. The normalized spacial score (nSPS) is 10.3. The molecule has 0 aliphatic rings. The van der Waals surface area contributed by atoms with E-state index in [1.54, 1.807) is 10.7 Å².